The minimum atomic E-state index is 0.532. The zero-order valence-electron chi connectivity index (χ0n) is 8.58. The van der Waals surface area contributed by atoms with Crippen LogP contribution in [0.25, 0.3) is 0 Å². The Kier molecular flexibility index (Phi) is 4.11. The molecule has 1 heteroatoms. The van der Waals surface area contributed by atoms with Gasteiger partial charge in [-0.1, -0.05) is 31.4 Å². The van der Waals surface area contributed by atoms with Crippen LogP contribution in [0.5, 0.6) is 0 Å². The molecule has 1 aliphatic rings. The zero-order valence-corrected chi connectivity index (χ0v) is 8.58. The summed E-state index contributed by atoms with van der Waals surface area (Å²) in [6.07, 6.45) is 9.99. The van der Waals surface area contributed by atoms with Gasteiger partial charge in [0, 0.05) is 6.54 Å². The van der Waals surface area contributed by atoms with Crippen molar-refractivity contribution in [2.24, 2.45) is 10.9 Å². The van der Waals surface area contributed by atoms with Gasteiger partial charge in [-0.2, -0.15) is 0 Å². The standard InChI is InChI=1S/C13H17N/c1-4-7-8-11-9-12(5-2)13(6-3)14-10-11/h4-6,9,11H,1-3,7-8,10H2. The molecule has 0 radical (unpaired) electrons. The maximum atomic E-state index is 4.46. The number of allylic oxidation sites excluding steroid dienone is 4. The van der Waals surface area contributed by atoms with E-state index in [1.807, 2.05) is 12.2 Å². The van der Waals surface area contributed by atoms with Crippen LogP contribution in [-0.2, 0) is 0 Å². The average molecular weight is 187 g/mol. The fourth-order valence-corrected chi connectivity index (χ4v) is 1.56. The van der Waals surface area contributed by atoms with E-state index in [4.69, 9.17) is 0 Å². The molecule has 0 bridgehead atoms. The summed E-state index contributed by atoms with van der Waals surface area (Å²) in [4.78, 5) is 4.46. The SMILES string of the molecule is C=CCCC1C=C(C=C)C(C=C)=NC1. The smallest absolute Gasteiger partial charge is 0.0637 e. The summed E-state index contributed by atoms with van der Waals surface area (Å²) in [5, 5.41) is 0. The first-order chi connectivity index (χ1) is 6.81. The first-order valence-corrected chi connectivity index (χ1v) is 4.94. The molecule has 1 aliphatic heterocycles. The van der Waals surface area contributed by atoms with Gasteiger partial charge in [-0.3, -0.25) is 4.99 Å². The van der Waals surface area contributed by atoms with Crippen LogP contribution in [0.1, 0.15) is 12.8 Å². The van der Waals surface area contributed by atoms with Crippen molar-refractivity contribution >= 4 is 5.71 Å². The van der Waals surface area contributed by atoms with E-state index >= 15 is 0 Å². The third kappa shape index (κ3) is 2.56. The van der Waals surface area contributed by atoms with Gasteiger partial charge >= 0.3 is 0 Å². The van der Waals surface area contributed by atoms with Gasteiger partial charge in [-0.15, -0.1) is 6.58 Å². The molecule has 1 unspecified atom stereocenters. The molecule has 0 aromatic carbocycles. The van der Waals surface area contributed by atoms with E-state index in [2.05, 4.69) is 30.8 Å². The molecule has 0 N–H and O–H groups in total. The van der Waals surface area contributed by atoms with Crippen molar-refractivity contribution in [3.8, 4) is 0 Å². The van der Waals surface area contributed by atoms with Gasteiger partial charge in [-0.05, 0) is 30.4 Å². The molecule has 0 spiro atoms. The van der Waals surface area contributed by atoms with Crippen LogP contribution < -0.4 is 0 Å². The zero-order chi connectivity index (χ0) is 10.4. The Morgan fingerprint density at radius 3 is 2.71 bits per heavy atom. The van der Waals surface area contributed by atoms with E-state index in [1.54, 1.807) is 6.08 Å². The molecule has 0 aromatic rings. The third-order valence-corrected chi connectivity index (χ3v) is 2.36. The third-order valence-electron chi connectivity index (χ3n) is 2.36. The van der Waals surface area contributed by atoms with Gasteiger partial charge < -0.3 is 0 Å². The highest BCUT2D eigenvalue weighted by atomic mass is 14.8. The fourth-order valence-electron chi connectivity index (χ4n) is 1.56. The van der Waals surface area contributed by atoms with E-state index in [0.29, 0.717) is 5.92 Å². The minimum Gasteiger partial charge on any atom is -0.284 e. The van der Waals surface area contributed by atoms with Crippen LogP contribution in [0.2, 0.25) is 0 Å². The largest absolute Gasteiger partial charge is 0.284 e. The molecule has 0 saturated heterocycles. The van der Waals surface area contributed by atoms with Crippen molar-refractivity contribution in [2.75, 3.05) is 6.54 Å². The molecule has 0 aromatic heterocycles. The molecule has 0 fully saturated rings. The summed E-state index contributed by atoms with van der Waals surface area (Å²) in [6, 6.07) is 0. The van der Waals surface area contributed by atoms with E-state index in [0.717, 1.165) is 30.7 Å². The second-order valence-electron chi connectivity index (χ2n) is 3.38. The van der Waals surface area contributed by atoms with Gasteiger partial charge in [0.05, 0.1) is 5.71 Å². The minimum absolute atomic E-state index is 0.532. The van der Waals surface area contributed by atoms with E-state index in [9.17, 15) is 0 Å². The van der Waals surface area contributed by atoms with E-state index in [-0.39, 0.29) is 0 Å². The maximum absolute atomic E-state index is 4.46. The van der Waals surface area contributed by atoms with Crippen molar-refractivity contribution in [1.29, 1.82) is 0 Å². The second-order valence-corrected chi connectivity index (χ2v) is 3.38. The highest BCUT2D eigenvalue weighted by Gasteiger charge is 2.12. The van der Waals surface area contributed by atoms with Crippen molar-refractivity contribution < 1.29 is 0 Å². The summed E-state index contributed by atoms with van der Waals surface area (Å²) in [7, 11) is 0. The van der Waals surface area contributed by atoms with Crippen LogP contribution >= 0.6 is 0 Å². The van der Waals surface area contributed by atoms with Crippen LogP contribution in [-0.4, -0.2) is 12.3 Å². The summed E-state index contributed by atoms with van der Waals surface area (Å²) >= 11 is 0. The summed E-state index contributed by atoms with van der Waals surface area (Å²) in [5.41, 5.74) is 2.08. The normalized spacial score (nSPS) is 20.7. The predicted octanol–water partition coefficient (Wildman–Crippen LogP) is 3.32. The van der Waals surface area contributed by atoms with Gasteiger partial charge in [0.1, 0.15) is 0 Å². The van der Waals surface area contributed by atoms with Crippen LogP contribution in [0.15, 0.2) is 54.6 Å². The lowest BCUT2D eigenvalue weighted by Crippen LogP contribution is -2.12. The number of aliphatic imine (C=N–C) groups is 1. The molecular formula is C13H17N. The van der Waals surface area contributed by atoms with E-state index < -0.39 is 0 Å². The monoisotopic (exact) mass is 187 g/mol. The molecule has 74 valence electrons. The second kappa shape index (κ2) is 5.38. The van der Waals surface area contributed by atoms with Crippen LogP contribution in [0.4, 0.5) is 0 Å². The Balaban J connectivity index is 2.68. The molecule has 0 saturated carbocycles. The first kappa shape index (κ1) is 10.7. The lowest BCUT2D eigenvalue weighted by atomic mass is 9.95. The van der Waals surface area contributed by atoms with Crippen molar-refractivity contribution in [2.45, 2.75) is 12.8 Å². The summed E-state index contributed by atoms with van der Waals surface area (Å²) in [6.45, 7) is 12.1. The molecule has 0 amide bonds. The van der Waals surface area contributed by atoms with Crippen LogP contribution in [0.3, 0.4) is 0 Å². The van der Waals surface area contributed by atoms with E-state index in [1.165, 1.54) is 0 Å². The maximum Gasteiger partial charge on any atom is 0.0637 e. The Morgan fingerprint density at radius 2 is 2.14 bits per heavy atom. The Labute approximate surface area is 86.2 Å². The number of dihydropyridines is 1. The topological polar surface area (TPSA) is 12.4 Å². The Bertz CT molecular complexity index is 294. The lowest BCUT2D eigenvalue weighted by Gasteiger charge is -2.17. The molecule has 14 heavy (non-hydrogen) atoms. The molecular weight excluding hydrogens is 170 g/mol. The number of rotatable bonds is 5. The molecule has 1 heterocycles. The van der Waals surface area contributed by atoms with Crippen molar-refractivity contribution in [3.05, 3.63) is 49.6 Å². The number of hydrogen-bond acceptors (Lipinski definition) is 1. The predicted molar refractivity (Wildman–Crippen MR) is 63.7 cm³/mol. The lowest BCUT2D eigenvalue weighted by molar-refractivity contribution is 0.604. The summed E-state index contributed by atoms with van der Waals surface area (Å²) in [5.74, 6) is 0.532. The number of nitrogens with zero attached hydrogens (tertiary/aromatic N) is 1. The molecule has 1 nitrogen and oxygen atoms in total. The highest BCUT2D eigenvalue weighted by Crippen LogP contribution is 2.18. The van der Waals surface area contributed by atoms with Gasteiger partial charge in [-0.25, -0.2) is 0 Å². The number of hydrogen-bond donors (Lipinski definition) is 0. The first-order valence-electron chi connectivity index (χ1n) is 4.94. The molecule has 1 atom stereocenters. The quantitative estimate of drug-likeness (QED) is 0.585. The molecule has 0 aliphatic carbocycles. The highest BCUT2D eigenvalue weighted by molar-refractivity contribution is 6.10. The van der Waals surface area contributed by atoms with Crippen molar-refractivity contribution in [3.63, 3.8) is 0 Å². The molecule has 1 rings (SSSR count). The van der Waals surface area contributed by atoms with Gasteiger partial charge in [0.25, 0.3) is 0 Å². The fraction of sp³-hybridized carbons (Fsp3) is 0.308. The van der Waals surface area contributed by atoms with Crippen molar-refractivity contribution in [1.82, 2.24) is 0 Å². The Hall–Kier alpha value is -1.37. The summed E-state index contributed by atoms with van der Waals surface area (Å²) < 4.78 is 0. The van der Waals surface area contributed by atoms with Gasteiger partial charge in [0.15, 0.2) is 0 Å². The van der Waals surface area contributed by atoms with Gasteiger partial charge in [0.2, 0.25) is 0 Å². The Morgan fingerprint density at radius 1 is 1.36 bits per heavy atom. The van der Waals surface area contributed by atoms with Crippen LogP contribution in [0, 0.1) is 5.92 Å². The average Bonchev–Trinajstić information content (AvgIpc) is 2.25.